The van der Waals surface area contributed by atoms with Gasteiger partial charge in [-0.2, -0.15) is 0 Å². The summed E-state index contributed by atoms with van der Waals surface area (Å²) in [4.78, 5) is 16.3. The summed E-state index contributed by atoms with van der Waals surface area (Å²) in [5, 5.41) is 3.43. The van der Waals surface area contributed by atoms with E-state index >= 15 is 0 Å². The number of hydrogen-bond acceptors (Lipinski definition) is 3. The predicted molar refractivity (Wildman–Crippen MR) is 72.1 cm³/mol. The number of amides is 1. The lowest BCUT2D eigenvalue weighted by Crippen LogP contribution is -2.27. The molecule has 1 aromatic rings. The highest BCUT2D eigenvalue weighted by molar-refractivity contribution is 5.97. The third-order valence-corrected chi connectivity index (χ3v) is 3.82. The van der Waals surface area contributed by atoms with Crippen LogP contribution in [0.25, 0.3) is 0 Å². The van der Waals surface area contributed by atoms with Crippen LogP contribution in [0, 0.1) is 0 Å². The van der Waals surface area contributed by atoms with Crippen molar-refractivity contribution in [3.63, 3.8) is 0 Å². The van der Waals surface area contributed by atoms with Gasteiger partial charge in [0.15, 0.2) is 0 Å². The molecule has 1 aromatic carbocycles. The zero-order chi connectivity index (χ0) is 12.7. The minimum Gasteiger partial charge on any atom is -0.369 e. The molecule has 96 valence electrons. The standard InChI is InChI=1S/C14H19N3O/c1-16(2)14(18)12-4-3-10-9-15-6-8-17-7-5-11(12)13(10)17/h3-4,15H,5-9H2,1-2H3. The van der Waals surface area contributed by atoms with Crippen LogP contribution < -0.4 is 10.2 Å². The molecule has 0 unspecified atom stereocenters. The van der Waals surface area contributed by atoms with Crippen molar-refractivity contribution >= 4 is 11.6 Å². The number of nitrogens with zero attached hydrogens (tertiary/aromatic N) is 2. The SMILES string of the molecule is CN(C)C(=O)c1ccc2c3c1CCN3CCNC2. The molecular formula is C14H19N3O. The average molecular weight is 245 g/mol. The van der Waals surface area contributed by atoms with Gasteiger partial charge in [-0.1, -0.05) is 6.07 Å². The van der Waals surface area contributed by atoms with Gasteiger partial charge in [-0.3, -0.25) is 4.79 Å². The molecule has 1 N–H and O–H groups in total. The molecule has 0 aliphatic carbocycles. The Morgan fingerprint density at radius 2 is 2.17 bits per heavy atom. The van der Waals surface area contributed by atoms with Gasteiger partial charge in [0, 0.05) is 51.5 Å². The smallest absolute Gasteiger partial charge is 0.253 e. The molecule has 2 aliphatic rings. The molecule has 1 amide bonds. The zero-order valence-corrected chi connectivity index (χ0v) is 11.0. The molecule has 0 radical (unpaired) electrons. The van der Waals surface area contributed by atoms with Gasteiger partial charge in [0.1, 0.15) is 0 Å². The fraction of sp³-hybridized carbons (Fsp3) is 0.500. The van der Waals surface area contributed by atoms with Crippen LogP contribution in [0.4, 0.5) is 5.69 Å². The first-order chi connectivity index (χ1) is 8.68. The molecule has 2 aliphatic heterocycles. The normalized spacial score (nSPS) is 17.3. The van der Waals surface area contributed by atoms with Gasteiger partial charge >= 0.3 is 0 Å². The number of carbonyl (C=O) groups is 1. The summed E-state index contributed by atoms with van der Waals surface area (Å²) in [6, 6.07) is 4.10. The number of rotatable bonds is 1. The first kappa shape index (κ1) is 11.5. The second-order valence-electron chi connectivity index (χ2n) is 5.21. The molecule has 0 spiro atoms. The van der Waals surface area contributed by atoms with Crippen molar-refractivity contribution in [1.82, 2.24) is 10.2 Å². The van der Waals surface area contributed by atoms with Crippen molar-refractivity contribution in [2.75, 3.05) is 38.6 Å². The Morgan fingerprint density at radius 3 is 2.94 bits per heavy atom. The van der Waals surface area contributed by atoms with Crippen molar-refractivity contribution < 1.29 is 4.79 Å². The first-order valence-electron chi connectivity index (χ1n) is 6.50. The van der Waals surface area contributed by atoms with Crippen molar-refractivity contribution in [3.8, 4) is 0 Å². The Bertz CT molecular complexity index is 496. The Hall–Kier alpha value is -1.55. The van der Waals surface area contributed by atoms with E-state index in [0.29, 0.717) is 0 Å². The highest BCUT2D eigenvalue weighted by atomic mass is 16.2. The minimum absolute atomic E-state index is 0.117. The van der Waals surface area contributed by atoms with E-state index in [1.165, 1.54) is 16.8 Å². The second-order valence-corrected chi connectivity index (χ2v) is 5.21. The highest BCUT2D eigenvalue weighted by Crippen LogP contribution is 2.35. The number of anilines is 1. The maximum absolute atomic E-state index is 12.2. The number of hydrogen-bond donors (Lipinski definition) is 1. The fourth-order valence-electron chi connectivity index (χ4n) is 2.94. The van der Waals surface area contributed by atoms with Crippen LogP contribution in [0.15, 0.2) is 12.1 Å². The van der Waals surface area contributed by atoms with Gasteiger partial charge in [0.05, 0.1) is 0 Å². The van der Waals surface area contributed by atoms with E-state index in [2.05, 4.69) is 16.3 Å². The van der Waals surface area contributed by atoms with E-state index in [4.69, 9.17) is 0 Å². The lowest BCUT2D eigenvalue weighted by Gasteiger charge is -2.20. The molecule has 0 saturated heterocycles. The number of carbonyl (C=O) groups excluding carboxylic acids is 1. The third-order valence-electron chi connectivity index (χ3n) is 3.82. The molecule has 0 bridgehead atoms. The Morgan fingerprint density at radius 1 is 1.33 bits per heavy atom. The summed E-state index contributed by atoms with van der Waals surface area (Å²) in [7, 11) is 3.63. The molecule has 0 fully saturated rings. The molecule has 3 rings (SSSR count). The topological polar surface area (TPSA) is 35.6 Å². The molecule has 18 heavy (non-hydrogen) atoms. The zero-order valence-electron chi connectivity index (χ0n) is 11.0. The summed E-state index contributed by atoms with van der Waals surface area (Å²) in [6.45, 7) is 4.02. The molecule has 0 aromatic heterocycles. The van der Waals surface area contributed by atoms with Crippen LogP contribution in [-0.2, 0) is 13.0 Å². The molecule has 2 heterocycles. The fourth-order valence-corrected chi connectivity index (χ4v) is 2.94. The summed E-state index contributed by atoms with van der Waals surface area (Å²) in [5.74, 6) is 0.117. The summed E-state index contributed by atoms with van der Waals surface area (Å²) in [6.07, 6.45) is 0.998. The van der Waals surface area contributed by atoms with Gasteiger partial charge < -0.3 is 15.1 Å². The number of nitrogens with one attached hydrogen (secondary N) is 1. The van der Waals surface area contributed by atoms with E-state index in [0.717, 1.165) is 38.2 Å². The van der Waals surface area contributed by atoms with Crippen LogP contribution in [0.1, 0.15) is 21.5 Å². The summed E-state index contributed by atoms with van der Waals surface area (Å²) < 4.78 is 0. The van der Waals surface area contributed by atoms with Crippen LogP contribution in [0.5, 0.6) is 0 Å². The highest BCUT2D eigenvalue weighted by Gasteiger charge is 2.28. The second kappa shape index (κ2) is 4.28. The molecule has 0 atom stereocenters. The summed E-state index contributed by atoms with van der Waals surface area (Å²) in [5.41, 5.74) is 4.76. The van der Waals surface area contributed by atoms with E-state index in [1.807, 2.05) is 20.2 Å². The Balaban J connectivity index is 2.11. The van der Waals surface area contributed by atoms with Crippen LogP contribution >= 0.6 is 0 Å². The third kappa shape index (κ3) is 1.68. The van der Waals surface area contributed by atoms with Crippen LogP contribution in [0.3, 0.4) is 0 Å². The quantitative estimate of drug-likeness (QED) is 0.797. The van der Waals surface area contributed by atoms with Crippen LogP contribution in [-0.4, -0.2) is 44.5 Å². The minimum atomic E-state index is 0.117. The molecule has 4 nitrogen and oxygen atoms in total. The summed E-state index contributed by atoms with van der Waals surface area (Å²) >= 11 is 0. The molecule has 4 heteroatoms. The van der Waals surface area contributed by atoms with Gasteiger partial charge in [0.2, 0.25) is 0 Å². The molecule has 0 saturated carbocycles. The molecular weight excluding hydrogens is 226 g/mol. The maximum atomic E-state index is 12.2. The van der Waals surface area contributed by atoms with E-state index in [-0.39, 0.29) is 5.91 Å². The van der Waals surface area contributed by atoms with Crippen molar-refractivity contribution in [2.45, 2.75) is 13.0 Å². The van der Waals surface area contributed by atoms with Gasteiger partial charge in [0.25, 0.3) is 5.91 Å². The van der Waals surface area contributed by atoms with E-state index in [1.54, 1.807) is 4.90 Å². The van der Waals surface area contributed by atoms with Crippen LogP contribution in [0.2, 0.25) is 0 Å². The lowest BCUT2D eigenvalue weighted by atomic mass is 10.00. The first-order valence-corrected chi connectivity index (χ1v) is 6.50. The van der Waals surface area contributed by atoms with E-state index < -0.39 is 0 Å². The van der Waals surface area contributed by atoms with E-state index in [9.17, 15) is 4.79 Å². The number of benzene rings is 1. The monoisotopic (exact) mass is 245 g/mol. The van der Waals surface area contributed by atoms with Gasteiger partial charge in [-0.15, -0.1) is 0 Å². The van der Waals surface area contributed by atoms with Gasteiger partial charge in [-0.05, 0) is 23.6 Å². The maximum Gasteiger partial charge on any atom is 0.253 e. The average Bonchev–Trinajstić information content (AvgIpc) is 2.66. The Kier molecular flexibility index (Phi) is 2.74. The lowest BCUT2D eigenvalue weighted by molar-refractivity contribution is 0.0827. The Labute approximate surface area is 108 Å². The van der Waals surface area contributed by atoms with Gasteiger partial charge in [-0.25, -0.2) is 0 Å². The van der Waals surface area contributed by atoms with Crippen molar-refractivity contribution in [3.05, 3.63) is 28.8 Å². The van der Waals surface area contributed by atoms with Crippen molar-refractivity contribution in [2.24, 2.45) is 0 Å². The largest absolute Gasteiger partial charge is 0.369 e. The predicted octanol–water partition coefficient (Wildman–Crippen LogP) is 0.854. The van der Waals surface area contributed by atoms with Crippen molar-refractivity contribution in [1.29, 1.82) is 0 Å².